The minimum Gasteiger partial charge on any atom is -0.488 e. The molecule has 4 aromatic carbocycles. The minimum absolute atomic E-state index is 0.173. The Morgan fingerprint density at radius 3 is 2.17 bits per heavy atom. The average Bonchev–Trinajstić information content (AvgIpc) is 3.20. The molecular weight excluding hydrogens is 511 g/mol. The lowest BCUT2D eigenvalue weighted by Gasteiger charge is -2.15. The number of amidine groups is 1. The van der Waals surface area contributed by atoms with E-state index in [2.05, 4.69) is 0 Å². The summed E-state index contributed by atoms with van der Waals surface area (Å²) in [6.45, 7) is 0.433. The zero-order chi connectivity index (χ0) is 24.9. The maximum atomic E-state index is 13.6. The fourth-order valence-corrected chi connectivity index (χ4v) is 4.84. The number of hydrogen-bond acceptors (Lipinski definition) is 4. The summed E-state index contributed by atoms with van der Waals surface area (Å²) in [6.07, 6.45) is 1.85. The number of nitrogens with zero attached hydrogens (tertiary/aromatic N) is 2. The van der Waals surface area contributed by atoms with Gasteiger partial charge in [0.1, 0.15) is 12.4 Å². The first-order valence-corrected chi connectivity index (χ1v) is 12.7. The molecule has 5 rings (SSSR count). The fourth-order valence-electron chi connectivity index (χ4n) is 3.60. The van der Waals surface area contributed by atoms with Crippen molar-refractivity contribution >= 4 is 63.5 Å². The van der Waals surface area contributed by atoms with Gasteiger partial charge in [0.15, 0.2) is 5.17 Å². The van der Waals surface area contributed by atoms with Crippen LogP contribution in [0.5, 0.6) is 5.75 Å². The molecule has 1 amide bonds. The minimum atomic E-state index is -0.173. The molecule has 4 nitrogen and oxygen atoms in total. The molecule has 0 radical (unpaired) electrons. The maximum Gasteiger partial charge on any atom is 0.271 e. The predicted octanol–water partition coefficient (Wildman–Crippen LogP) is 8.38. The molecule has 1 saturated heterocycles. The van der Waals surface area contributed by atoms with Crippen molar-refractivity contribution in [3.05, 3.63) is 129 Å². The van der Waals surface area contributed by atoms with Crippen LogP contribution in [0.4, 0.5) is 11.4 Å². The maximum absolute atomic E-state index is 13.6. The van der Waals surface area contributed by atoms with Gasteiger partial charge in [-0.15, -0.1) is 0 Å². The number of para-hydroxylation sites is 1. The van der Waals surface area contributed by atoms with E-state index in [1.165, 1.54) is 11.8 Å². The van der Waals surface area contributed by atoms with Crippen LogP contribution in [0.15, 0.2) is 113 Å². The summed E-state index contributed by atoms with van der Waals surface area (Å²) >= 11 is 13.4. The number of carbonyl (C=O) groups is 1. The van der Waals surface area contributed by atoms with E-state index in [1.807, 2.05) is 72.8 Å². The summed E-state index contributed by atoms with van der Waals surface area (Å²) in [5.74, 6) is 0.524. The molecule has 0 bridgehead atoms. The van der Waals surface area contributed by atoms with Gasteiger partial charge in [-0.3, -0.25) is 9.69 Å². The normalized spacial score (nSPS) is 15.6. The van der Waals surface area contributed by atoms with Crippen molar-refractivity contribution in [3.63, 3.8) is 0 Å². The molecular formula is C29H20Cl2N2O2S. The van der Waals surface area contributed by atoms with Crippen molar-refractivity contribution in [1.82, 2.24) is 0 Å². The van der Waals surface area contributed by atoms with E-state index in [4.69, 9.17) is 32.9 Å². The van der Waals surface area contributed by atoms with Gasteiger partial charge in [-0.1, -0.05) is 71.7 Å². The van der Waals surface area contributed by atoms with Gasteiger partial charge >= 0.3 is 0 Å². The Morgan fingerprint density at radius 2 is 1.44 bits per heavy atom. The average molecular weight is 531 g/mol. The highest BCUT2D eigenvalue weighted by Gasteiger charge is 2.35. The predicted molar refractivity (Wildman–Crippen MR) is 150 cm³/mol. The largest absolute Gasteiger partial charge is 0.488 e. The Kier molecular flexibility index (Phi) is 7.42. The van der Waals surface area contributed by atoms with Gasteiger partial charge in [0.25, 0.3) is 5.91 Å². The molecule has 1 aliphatic heterocycles. The van der Waals surface area contributed by atoms with Crippen molar-refractivity contribution in [3.8, 4) is 5.75 Å². The highest BCUT2D eigenvalue weighted by molar-refractivity contribution is 8.19. The van der Waals surface area contributed by atoms with E-state index >= 15 is 0 Å². The molecule has 1 aliphatic rings. The van der Waals surface area contributed by atoms with Crippen LogP contribution in [-0.2, 0) is 11.4 Å². The topological polar surface area (TPSA) is 41.9 Å². The first-order valence-electron chi connectivity index (χ1n) is 11.2. The third kappa shape index (κ3) is 5.65. The van der Waals surface area contributed by atoms with E-state index in [0.29, 0.717) is 43.8 Å². The number of amides is 1. The number of hydrogen-bond donors (Lipinski definition) is 0. The molecule has 1 heterocycles. The smallest absolute Gasteiger partial charge is 0.271 e. The van der Waals surface area contributed by atoms with E-state index in [-0.39, 0.29) is 5.91 Å². The van der Waals surface area contributed by atoms with Crippen LogP contribution >= 0.6 is 35.0 Å². The summed E-state index contributed by atoms with van der Waals surface area (Å²) in [4.78, 5) is 20.5. The summed E-state index contributed by atoms with van der Waals surface area (Å²) in [6, 6.07) is 31.9. The molecule has 0 spiro atoms. The van der Waals surface area contributed by atoms with Crippen LogP contribution in [0.25, 0.3) is 6.08 Å². The first-order chi connectivity index (χ1) is 17.6. The molecule has 0 unspecified atom stereocenters. The molecule has 0 N–H and O–H groups in total. The van der Waals surface area contributed by atoms with Crippen molar-refractivity contribution in [2.75, 3.05) is 4.90 Å². The second kappa shape index (κ2) is 11.0. The SMILES string of the molecule is O=C1/C(=C/c2ccccc2OCc2ccccc2)SC(=Nc2ccc(Cl)cc2)N1c1ccc(Cl)cc1. The van der Waals surface area contributed by atoms with Gasteiger partial charge in [0, 0.05) is 15.6 Å². The van der Waals surface area contributed by atoms with E-state index < -0.39 is 0 Å². The highest BCUT2D eigenvalue weighted by atomic mass is 35.5. The quantitative estimate of drug-likeness (QED) is 0.235. The second-order valence-corrected chi connectivity index (χ2v) is 9.79. The van der Waals surface area contributed by atoms with Gasteiger partial charge in [-0.25, -0.2) is 4.99 Å². The molecule has 0 aliphatic carbocycles. The third-order valence-electron chi connectivity index (χ3n) is 5.39. The van der Waals surface area contributed by atoms with Crippen LogP contribution in [0.2, 0.25) is 10.0 Å². The van der Waals surface area contributed by atoms with E-state index in [1.54, 1.807) is 41.3 Å². The van der Waals surface area contributed by atoms with Crippen molar-refractivity contribution in [2.45, 2.75) is 6.61 Å². The van der Waals surface area contributed by atoms with Gasteiger partial charge in [-0.05, 0) is 78.0 Å². The molecule has 4 aromatic rings. The summed E-state index contributed by atoms with van der Waals surface area (Å²) in [7, 11) is 0. The molecule has 178 valence electrons. The Morgan fingerprint density at radius 1 is 0.806 bits per heavy atom. The fraction of sp³-hybridized carbons (Fsp3) is 0.0345. The standard InChI is InChI=1S/C29H20Cl2N2O2S/c30-22-10-14-24(15-11-22)32-29-33(25-16-12-23(31)13-17-25)28(34)27(36-29)18-21-8-4-5-9-26(21)35-19-20-6-2-1-3-7-20/h1-18H,19H2/b27-18-,32-29?. The van der Waals surface area contributed by atoms with Crippen molar-refractivity contribution in [1.29, 1.82) is 0 Å². The lowest BCUT2D eigenvalue weighted by Crippen LogP contribution is -2.28. The zero-order valence-corrected chi connectivity index (χ0v) is 21.3. The number of halogens is 2. The monoisotopic (exact) mass is 530 g/mol. The highest BCUT2D eigenvalue weighted by Crippen LogP contribution is 2.38. The van der Waals surface area contributed by atoms with Crippen LogP contribution in [0.1, 0.15) is 11.1 Å². The lowest BCUT2D eigenvalue weighted by molar-refractivity contribution is -0.113. The molecule has 7 heteroatoms. The second-order valence-electron chi connectivity index (χ2n) is 7.91. The molecule has 36 heavy (non-hydrogen) atoms. The molecule has 0 aromatic heterocycles. The lowest BCUT2D eigenvalue weighted by atomic mass is 10.1. The van der Waals surface area contributed by atoms with Crippen LogP contribution < -0.4 is 9.64 Å². The van der Waals surface area contributed by atoms with Crippen molar-refractivity contribution in [2.24, 2.45) is 4.99 Å². The number of thioether (sulfide) groups is 1. The number of benzene rings is 4. The summed E-state index contributed by atoms with van der Waals surface area (Å²) in [5.41, 5.74) is 3.26. The first kappa shape index (κ1) is 24.2. The number of carbonyl (C=O) groups excluding carboxylic acids is 1. The Bertz CT molecular complexity index is 1440. The molecule has 0 saturated carbocycles. The van der Waals surface area contributed by atoms with E-state index in [9.17, 15) is 4.79 Å². The summed E-state index contributed by atoms with van der Waals surface area (Å²) < 4.78 is 6.09. The summed E-state index contributed by atoms with van der Waals surface area (Å²) in [5, 5.41) is 1.75. The van der Waals surface area contributed by atoms with Gasteiger partial charge in [0.05, 0.1) is 16.3 Å². The van der Waals surface area contributed by atoms with Crippen LogP contribution in [-0.4, -0.2) is 11.1 Å². The van der Waals surface area contributed by atoms with E-state index in [0.717, 1.165) is 11.1 Å². The third-order valence-corrected chi connectivity index (χ3v) is 6.86. The molecule has 0 atom stereocenters. The Labute approximate surface area is 223 Å². The zero-order valence-electron chi connectivity index (χ0n) is 19.0. The Balaban J connectivity index is 1.49. The van der Waals surface area contributed by atoms with Crippen molar-refractivity contribution < 1.29 is 9.53 Å². The number of aliphatic imine (C=N–C) groups is 1. The van der Waals surface area contributed by atoms with Crippen LogP contribution in [0.3, 0.4) is 0 Å². The Hall–Kier alpha value is -3.51. The number of rotatable bonds is 6. The van der Waals surface area contributed by atoms with Gasteiger partial charge in [-0.2, -0.15) is 0 Å². The number of ether oxygens (including phenoxy) is 1. The number of anilines is 1. The van der Waals surface area contributed by atoms with Gasteiger partial charge in [0.2, 0.25) is 0 Å². The molecule has 1 fully saturated rings. The van der Waals surface area contributed by atoms with Gasteiger partial charge < -0.3 is 4.74 Å². The van der Waals surface area contributed by atoms with Crippen LogP contribution in [0, 0.1) is 0 Å².